The first-order valence-corrected chi connectivity index (χ1v) is 7.07. The molecule has 0 fully saturated rings. The molecule has 0 aliphatic rings. The highest BCUT2D eigenvalue weighted by atomic mass is 79.9. The van der Waals surface area contributed by atoms with Crippen molar-refractivity contribution in [3.05, 3.63) is 64.5 Å². The average molecular weight is 348 g/mol. The summed E-state index contributed by atoms with van der Waals surface area (Å²) in [5.41, 5.74) is 0.311. The van der Waals surface area contributed by atoms with Gasteiger partial charge in [-0.3, -0.25) is 0 Å². The lowest BCUT2D eigenvalue weighted by atomic mass is 10.1. The fourth-order valence-corrected chi connectivity index (χ4v) is 2.42. The van der Waals surface area contributed by atoms with Crippen LogP contribution in [-0.2, 0) is 6.61 Å². The molecule has 3 nitrogen and oxygen atoms in total. The maximum atomic E-state index is 13.1. The third-order valence-electron chi connectivity index (χ3n) is 3.05. The molecule has 106 valence electrons. The van der Waals surface area contributed by atoms with Crippen LogP contribution >= 0.6 is 15.9 Å². The van der Waals surface area contributed by atoms with E-state index in [1.807, 2.05) is 30.3 Å². The summed E-state index contributed by atoms with van der Waals surface area (Å²) in [6.07, 6.45) is 1.06. The smallest absolute Gasteiger partial charge is 0.224 e. The van der Waals surface area contributed by atoms with Gasteiger partial charge in [0.05, 0.1) is 12.8 Å². The topological polar surface area (TPSA) is 42.4 Å². The van der Waals surface area contributed by atoms with Crippen LogP contribution in [0.1, 0.15) is 5.56 Å². The van der Waals surface area contributed by atoms with E-state index in [1.165, 1.54) is 6.07 Å². The van der Waals surface area contributed by atoms with Crippen LogP contribution in [0.5, 0.6) is 11.6 Å². The lowest BCUT2D eigenvalue weighted by Gasteiger charge is -2.09. The molecule has 0 amide bonds. The van der Waals surface area contributed by atoms with E-state index in [2.05, 4.69) is 20.9 Å². The fourth-order valence-electron chi connectivity index (χ4n) is 2.04. The molecule has 0 saturated heterocycles. The van der Waals surface area contributed by atoms with Crippen LogP contribution in [0, 0.1) is 5.82 Å². The summed E-state index contributed by atoms with van der Waals surface area (Å²) in [5.74, 6) is 0.281. The maximum absolute atomic E-state index is 13.1. The number of aliphatic hydroxyl groups excluding tert-OH is 1. The van der Waals surface area contributed by atoms with Crippen molar-refractivity contribution in [2.75, 3.05) is 0 Å². The van der Waals surface area contributed by atoms with E-state index in [0.29, 0.717) is 11.3 Å². The second kappa shape index (κ2) is 5.79. The van der Waals surface area contributed by atoms with E-state index in [9.17, 15) is 9.50 Å². The van der Waals surface area contributed by atoms with E-state index < -0.39 is 5.82 Å². The highest BCUT2D eigenvalue weighted by Crippen LogP contribution is 2.28. The van der Waals surface area contributed by atoms with Crippen LogP contribution in [0.25, 0.3) is 10.8 Å². The number of ether oxygens (including phenoxy) is 1. The third kappa shape index (κ3) is 3.04. The lowest BCUT2D eigenvalue weighted by Crippen LogP contribution is -1.96. The highest BCUT2D eigenvalue weighted by molar-refractivity contribution is 9.10. The summed E-state index contributed by atoms with van der Waals surface area (Å²) in [6, 6.07) is 12.7. The molecule has 0 spiro atoms. The van der Waals surface area contributed by atoms with E-state index >= 15 is 0 Å². The second-order valence-corrected chi connectivity index (χ2v) is 5.45. The zero-order valence-corrected chi connectivity index (χ0v) is 12.5. The first kappa shape index (κ1) is 14.0. The van der Waals surface area contributed by atoms with Crippen molar-refractivity contribution in [3.63, 3.8) is 0 Å². The Morgan fingerprint density at radius 2 is 1.86 bits per heavy atom. The van der Waals surface area contributed by atoms with Crippen molar-refractivity contribution < 1.29 is 14.2 Å². The minimum absolute atomic E-state index is 0.204. The lowest BCUT2D eigenvalue weighted by molar-refractivity contribution is 0.274. The van der Waals surface area contributed by atoms with Crippen LogP contribution in [0.15, 0.2) is 53.1 Å². The third-order valence-corrected chi connectivity index (χ3v) is 3.54. The summed E-state index contributed by atoms with van der Waals surface area (Å²) in [5, 5.41) is 11.3. The van der Waals surface area contributed by atoms with Gasteiger partial charge < -0.3 is 9.84 Å². The Kier molecular flexibility index (Phi) is 3.86. The van der Waals surface area contributed by atoms with Crippen molar-refractivity contribution in [2.24, 2.45) is 0 Å². The number of nitrogens with zero attached hydrogens (tertiary/aromatic N) is 1. The summed E-state index contributed by atoms with van der Waals surface area (Å²) in [6.45, 7) is -0.333. The highest BCUT2D eigenvalue weighted by Gasteiger charge is 2.08. The number of hydrogen-bond acceptors (Lipinski definition) is 3. The number of fused-ring (bicyclic) bond motifs is 1. The van der Waals surface area contributed by atoms with Crippen LogP contribution in [0.2, 0.25) is 0 Å². The number of aliphatic hydroxyl groups is 1. The van der Waals surface area contributed by atoms with E-state index in [4.69, 9.17) is 4.74 Å². The summed E-state index contributed by atoms with van der Waals surface area (Å²) < 4.78 is 19.7. The number of rotatable bonds is 3. The Morgan fingerprint density at radius 3 is 2.67 bits per heavy atom. The minimum atomic E-state index is -0.505. The van der Waals surface area contributed by atoms with Crippen LogP contribution in [-0.4, -0.2) is 10.1 Å². The van der Waals surface area contributed by atoms with Crippen molar-refractivity contribution in [1.82, 2.24) is 4.98 Å². The largest absolute Gasteiger partial charge is 0.439 e. The molecule has 1 aromatic heterocycles. The SMILES string of the molecule is OCc1cc(F)cnc1Oc1ccc2cc(Br)ccc2c1. The molecule has 0 radical (unpaired) electrons. The fraction of sp³-hybridized carbons (Fsp3) is 0.0625. The zero-order chi connectivity index (χ0) is 14.8. The molecule has 3 aromatic rings. The molecule has 5 heteroatoms. The molecule has 0 aliphatic heterocycles. The Hall–Kier alpha value is -1.98. The zero-order valence-electron chi connectivity index (χ0n) is 10.9. The van der Waals surface area contributed by atoms with E-state index in [-0.39, 0.29) is 12.5 Å². The summed E-state index contributed by atoms with van der Waals surface area (Å²) >= 11 is 3.43. The normalized spacial score (nSPS) is 10.8. The van der Waals surface area contributed by atoms with Crippen LogP contribution < -0.4 is 4.74 Å². The van der Waals surface area contributed by atoms with Gasteiger partial charge in [-0.15, -0.1) is 0 Å². The molecule has 1 N–H and O–H groups in total. The molecule has 0 bridgehead atoms. The number of halogens is 2. The van der Waals surface area contributed by atoms with Crippen LogP contribution in [0.4, 0.5) is 4.39 Å². The van der Waals surface area contributed by atoms with Gasteiger partial charge >= 0.3 is 0 Å². The number of pyridine rings is 1. The summed E-state index contributed by atoms with van der Waals surface area (Å²) in [7, 11) is 0. The molecule has 1 heterocycles. The summed E-state index contributed by atoms with van der Waals surface area (Å²) in [4.78, 5) is 3.87. The molecule has 21 heavy (non-hydrogen) atoms. The van der Waals surface area contributed by atoms with Crippen molar-refractivity contribution in [1.29, 1.82) is 0 Å². The molecule has 0 aliphatic carbocycles. The van der Waals surface area contributed by atoms with Gasteiger partial charge in [0.2, 0.25) is 5.88 Å². The van der Waals surface area contributed by atoms with Gasteiger partial charge in [0, 0.05) is 10.0 Å². The van der Waals surface area contributed by atoms with Gasteiger partial charge in [0.15, 0.2) is 0 Å². The minimum Gasteiger partial charge on any atom is -0.439 e. The van der Waals surface area contributed by atoms with Gasteiger partial charge in [0.25, 0.3) is 0 Å². The Bertz CT molecular complexity index is 807. The van der Waals surface area contributed by atoms with Crippen molar-refractivity contribution >= 4 is 26.7 Å². The number of benzene rings is 2. The molecular weight excluding hydrogens is 337 g/mol. The first-order chi connectivity index (χ1) is 10.2. The number of aromatic nitrogens is 1. The van der Waals surface area contributed by atoms with Gasteiger partial charge in [0.1, 0.15) is 11.6 Å². The number of hydrogen-bond donors (Lipinski definition) is 1. The van der Waals surface area contributed by atoms with E-state index in [1.54, 1.807) is 6.07 Å². The molecule has 0 atom stereocenters. The van der Waals surface area contributed by atoms with Crippen LogP contribution in [0.3, 0.4) is 0 Å². The quantitative estimate of drug-likeness (QED) is 0.762. The van der Waals surface area contributed by atoms with Gasteiger partial charge in [-0.25, -0.2) is 9.37 Å². The Morgan fingerprint density at radius 1 is 1.10 bits per heavy atom. The predicted molar refractivity (Wildman–Crippen MR) is 81.8 cm³/mol. The van der Waals surface area contributed by atoms with Crippen molar-refractivity contribution in [2.45, 2.75) is 6.61 Å². The molecule has 3 rings (SSSR count). The maximum Gasteiger partial charge on any atom is 0.224 e. The average Bonchev–Trinajstić information content (AvgIpc) is 2.49. The molecule has 2 aromatic carbocycles. The predicted octanol–water partition coefficient (Wildman–Crippen LogP) is 4.42. The van der Waals surface area contributed by atoms with Gasteiger partial charge in [-0.2, -0.15) is 0 Å². The van der Waals surface area contributed by atoms with Gasteiger partial charge in [-0.1, -0.05) is 28.1 Å². The Labute approximate surface area is 129 Å². The van der Waals surface area contributed by atoms with E-state index in [0.717, 1.165) is 21.4 Å². The standard InChI is InChI=1S/C16H11BrFNO2/c17-13-3-1-11-7-15(4-2-10(11)5-13)21-16-12(9-20)6-14(18)8-19-16/h1-8,20H,9H2. The second-order valence-electron chi connectivity index (χ2n) is 4.53. The van der Waals surface area contributed by atoms with Gasteiger partial charge in [-0.05, 0) is 41.1 Å². The molecule has 0 saturated carbocycles. The van der Waals surface area contributed by atoms with Crippen molar-refractivity contribution in [3.8, 4) is 11.6 Å². The first-order valence-electron chi connectivity index (χ1n) is 6.28. The Balaban J connectivity index is 1.96. The molecule has 0 unspecified atom stereocenters. The monoisotopic (exact) mass is 347 g/mol. The molecular formula is C16H11BrFNO2.